The summed E-state index contributed by atoms with van der Waals surface area (Å²) in [7, 11) is 0. The van der Waals surface area contributed by atoms with Crippen molar-refractivity contribution in [3.05, 3.63) is 23.5 Å². The van der Waals surface area contributed by atoms with Crippen LogP contribution in [-0.2, 0) is 6.54 Å². The second-order valence-electron chi connectivity index (χ2n) is 4.59. The Morgan fingerprint density at radius 1 is 1.44 bits per heavy atom. The molecule has 1 aromatic rings. The predicted octanol–water partition coefficient (Wildman–Crippen LogP) is 2.68. The molecule has 0 radical (unpaired) electrons. The number of unbranched alkanes of at least 4 members (excludes halogenated alkanes) is 1. The van der Waals surface area contributed by atoms with Crippen molar-refractivity contribution in [2.75, 3.05) is 6.61 Å². The maximum absolute atomic E-state index is 5.73. The van der Waals surface area contributed by atoms with Crippen LogP contribution < -0.4 is 10.1 Å². The van der Waals surface area contributed by atoms with Crippen molar-refractivity contribution in [2.45, 2.75) is 46.2 Å². The van der Waals surface area contributed by atoms with E-state index in [2.05, 4.69) is 30.1 Å². The molecule has 0 unspecified atom stereocenters. The highest BCUT2D eigenvalue weighted by atomic mass is 16.5. The standard InChI is InChI=1S/C15H22N2O/c1-5-6-7-10-18-15-9-8-13(4)17-14(15)11-16-12(2)3/h1,8-9,12,16H,6-7,10-11H2,2-4H3. The van der Waals surface area contributed by atoms with Crippen molar-refractivity contribution < 1.29 is 4.74 Å². The van der Waals surface area contributed by atoms with Crippen LogP contribution in [0.4, 0.5) is 0 Å². The average Bonchev–Trinajstić information content (AvgIpc) is 2.34. The zero-order chi connectivity index (χ0) is 13.4. The van der Waals surface area contributed by atoms with Crippen LogP contribution in [0.15, 0.2) is 12.1 Å². The number of aryl methyl sites for hydroxylation is 1. The first-order valence-electron chi connectivity index (χ1n) is 6.39. The van der Waals surface area contributed by atoms with Crippen molar-refractivity contribution in [3.63, 3.8) is 0 Å². The molecule has 1 N–H and O–H groups in total. The molecule has 0 atom stereocenters. The number of nitrogens with zero attached hydrogens (tertiary/aromatic N) is 1. The summed E-state index contributed by atoms with van der Waals surface area (Å²) in [5, 5.41) is 3.36. The molecule has 3 nitrogen and oxygen atoms in total. The summed E-state index contributed by atoms with van der Waals surface area (Å²) < 4.78 is 5.73. The van der Waals surface area contributed by atoms with Crippen LogP contribution >= 0.6 is 0 Å². The molecule has 0 saturated carbocycles. The van der Waals surface area contributed by atoms with E-state index in [0.29, 0.717) is 12.6 Å². The molecule has 0 fully saturated rings. The molecule has 0 bridgehead atoms. The normalized spacial score (nSPS) is 10.4. The number of ether oxygens (including phenoxy) is 1. The number of hydrogen-bond donors (Lipinski definition) is 1. The van der Waals surface area contributed by atoms with E-state index in [0.717, 1.165) is 36.5 Å². The summed E-state index contributed by atoms with van der Waals surface area (Å²) in [6, 6.07) is 4.38. The monoisotopic (exact) mass is 246 g/mol. The van der Waals surface area contributed by atoms with Crippen LogP contribution in [-0.4, -0.2) is 17.6 Å². The third kappa shape index (κ3) is 5.20. The number of nitrogens with one attached hydrogen (secondary N) is 1. The van der Waals surface area contributed by atoms with E-state index in [1.54, 1.807) is 0 Å². The minimum Gasteiger partial charge on any atom is -0.492 e. The molecule has 0 aliphatic rings. The van der Waals surface area contributed by atoms with Gasteiger partial charge in [0.05, 0.1) is 12.3 Å². The van der Waals surface area contributed by atoms with E-state index < -0.39 is 0 Å². The smallest absolute Gasteiger partial charge is 0.142 e. The molecule has 0 spiro atoms. The molecule has 98 valence electrons. The van der Waals surface area contributed by atoms with E-state index in [9.17, 15) is 0 Å². The number of pyridine rings is 1. The highest BCUT2D eigenvalue weighted by Crippen LogP contribution is 2.17. The van der Waals surface area contributed by atoms with Crippen molar-refractivity contribution in [1.82, 2.24) is 10.3 Å². The molecule has 1 aromatic heterocycles. The Morgan fingerprint density at radius 3 is 2.89 bits per heavy atom. The van der Waals surface area contributed by atoms with Gasteiger partial charge in [-0.2, -0.15) is 0 Å². The highest BCUT2D eigenvalue weighted by Gasteiger charge is 2.06. The van der Waals surface area contributed by atoms with Gasteiger partial charge in [0.15, 0.2) is 0 Å². The van der Waals surface area contributed by atoms with E-state index in [4.69, 9.17) is 11.2 Å². The fourth-order valence-electron chi connectivity index (χ4n) is 1.51. The minimum atomic E-state index is 0.432. The second kappa shape index (κ2) is 7.73. The molecule has 0 aliphatic heterocycles. The largest absolute Gasteiger partial charge is 0.492 e. The highest BCUT2D eigenvalue weighted by molar-refractivity contribution is 5.29. The first-order chi connectivity index (χ1) is 8.63. The molecule has 0 amide bonds. The molecule has 1 rings (SSSR count). The van der Waals surface area contributed by atoms with Gasteiger partial charge in [0, 0.05) is 24.7 Å². The first kappa shape index (κ1) is 14.5. The molecule has 18 heavy (non-hydrogen) atoms. The van der Waals surface area contributed by atoms with E-state index in [1.807, 2.05) is 19.1 Å². The summed E-state index contributed by atoms with van der Waals surface area (Å²) in [6.07, 6.45) is 6.84. The van der Waals surface area contributed by atoms with Crippen molar-refractivity contribution >= 4 is 0 Å². The quantitative estimate of drug-likeness (QED) is 0.593. The van der Waals surface area contributed by atoms with Gasteiger partial charge in [0.1, 0.15) is 5.75 Å². The predicted molar refractivity (Wildman–Crippen MR) is 74.5 cm³/mol. The van der Waals surface area contributed by atoms with Gasteiger partial charge in [-0.15, -0.1) is 12.3 Å². The summed E-state index contributed by atoms with van der Waals surface area (Å²) in [5.74, 6) is 3.46. The third-order valence-corrected chi connectivity index (χ3v) is 2.47. The van der Waals surface area contributed by atoms with Crippen LogP contribution in [0.25, 0.3) is 0 Å². The van der Waals surface area contributed by atoms with Crippen molar-refractivity contribution in [3.8, 4) is 18.1 Å². The van der Waals surface area contributed by atoms with Gasteiger partial charge in [0.25, 0.3) is 0 Å². The summed E-state index contributed by atoms with van der Waals surface area (Å²) in [6.45, 7) is 7.58. The van der Waals surface area contributed by atoms with Gasteiger partial charge in [-0.05, 0) is 25.5 Å². The van der Waals surface area contributed by atoms with Gasteiger partial charge in [-0.3, -0.25) is 4.98 Å². The van der Waals surface area contributed by atoms with E-state index in [1.165, 1.54) is 0 Å². The number of hydrogen-bond acceptors (Lipinski definition) is 3. The summed E-state index contributed by atoms with van der Waals surface area (Å²) >= 11 is 0. The number of terminal acetylenes is 1. The lowest BCUT2D eigenvalue weighted by molar-refractivity contribution is 0.306. The Morgan fingerprint density at radius 2 is 2.22 bits per heavy atom. The molecule has 0 aromatic carbocycles. The zero-order valence-corrected chi connectivity index (χ0v) is 11.5. The third-order valence-electron chi connectivity index (χ3n) is 2.47. The van der Waals surface area contributed by atoms with Gasteiger partial charge in [0.2, 0.25) is 0 Å². The van der Waals surface area contributed by atoms with Crippen molar-refractivity contribution in [1.29, 1.82) is 0 Å². The van der Waals surface area contributed by atoms with Gasteiger partial charge in [-0.25, -0.2) is 0 Å². The number of rotatable bonds is 7. The molecular formula is C15H22N2O. The Kier molecular flexibility index (Phi) is 6.24. The van der Waals surface area contributed by atoms with Crippen molar-refractivity contribution in [2.24, 2.45) is 0 Å². The molecular weight excluding hydrogens is 224 g/mol. The van der Waals surface area contributed by atoms with Crippen LogP contribution in [0, 0.1) is 19.3 Å². The van der Waals surface area contributed by atoms with E-state index in [-0.39, 0.29) is 0 Å². The Hall–Kier alpha value is -1.53. The maximum Gasteiger partial charge on any atom is 0.142 e. The Balaban J connectivity index is 2.61. The topological polar surface area (TPSA) is 34.1 Å². The lowest BCUT2D eigenvalue weighted by atomic mass is 10.2. The fraction of sp³-hybridized carbons (Fsp3) is 0.533. The van der Waals surface area contributed by atoms with Crippen LogP contribution in [0.1, 0.15) is 38.1 Å². The summed E-state index contributed by atoms with van der Waals surface area (Å²) in [5.41, 5.74) is 1.97. The SMILES string of the molecule is C#CCCCOc1ccc(C)nc1CNC(C)C. The van der Waals surface area contributed by atoms with E-state index >= 15 is 0 Å². The first-order valence-corrected chi connectivity index (χ1v) is 6.39. The minimum absolute atomic E-state index is 0.432. The summed E-state index contributed by atoms with van der Waals surface area (Å²) in [4.78, 5) is 4.52. The molecule has 3 heteroatoms. The van der Waals surface area contributed by atoms with Crippen LogP contribution in [0.2, 0.25) is 0 Å². The molecule has 0 saturated heterocycles. The Labute approximate surface area is 110 Å². The zero-order valence-electron chi connectivity index (χ0n) is 11.5. The lowest BCUT2D eigenvalue weighted by Gasteiger charge is -2.13. The Bertz CT molecular complexity index is 407. The average molecular weight is 246 g/mol. The van der Waals surface area contributed by atoms with Crippen LogP contribution in [0.3, 0.4) is 0 Å². The lowest BCUT2D eigenvalue weighted by Crippen LogP contribution is -2.23. The molecule has 0 aliphatic carbocycles. The molecule has 1 heterocycles. The van der Waals surface area contributed by atoms with Crippen LogP contribution in [0.5, 0.6) is 5.75 Å². The van der Waals surface area contributed by atoms with Gasteiger partial charge in [-0.1, -0.05) is 13.8 Å². The van der Waals surface area contributed by atoms with Gasteiger partial charge < -0.3 is 10.1 Å². The second-order valence-corrected chi connectivity index (χ2v) is 4.59. The fourth-order valence-corrected chi connectivity index (χ4v) is 1.51. The number of aromatic nitrogens is 1. The van der Waals surface area contributed by atoms with Gasteiger partial charge >= 0.3 is 0 Å². The maximum atomic E-state index is 5.73.